The topological polar surface area (TPSA) is 176 Å². The second kappa shape index (κ2) is 10.6. The Hall–Kier alpha value is -2.89. The summed E-state index contributed by atoms with van der Waals surface area (Å²) in [4.78, 5) is 47.2. The van der Waals surface area contributed by atoms with Gasteiger partial charge in [-0.2, -0.15) is 0 Å². The minimum absolute atomic E-state index is 0.0154. The van der Waals surface area contributed by atoms with Crippen LogP contribution in [0.4, 0.5) is 0 Å². The van der Waals surface area contributed by atoms with Gasteiger partial charge in [0.25, 0.3) is 5.91 Å². The number of rotatable bonds is 6. The van der Waals surface area contributed by atoms with E-state index in [4.69, 9.17) is 16.6 Å². The molecule has 1 aromatic carbocycles. The molecular formula is C21H28N4O6S. The number of benzene rings is 1. The van der Waals surface area contributed by atoms with E-state index in [0.717, 1.165) is 0 Å². The van der Waals surface area contributed by atoms with E-state index in [1.807, 2.05) is 6.07 Å². The van der Waals surface area contributed by atoms with Gasteiger partial charge in [-0.05, 0) is 24.0 Å². The molecule has 1 fully saturated rings. The molecule has 0 aromatic heterocycles. The zero-order chi connectivity index (χ0) is 24.2. The van der Waals surface area contributed by atoms with Gasteiger partial charge >= 0.3 is 11.9 Å². The number of hydrogen-bond donors (Lipinski definition) is 5. The van der Waals surface area contributed by atoms with Crippen molar-refractivity contribution < 1.29 is 29.4 Å². The quantitative estimate of drug-likeness (QED) is 0.375. The second-order valence-corrected chi connectivity index (χ2v) is 8.93. The molecular weight excluding hydrogens is 436 g/mol. The van der Waals surface area contributed by atoms with Gasteiger partial charge in [0, 0.05) is 5.75 Å². The molecule has 2 heterocycles. The van der Waals surface area contributed by atoms with Crippen LogP contribution in [0, 0.1) is 5.92 Å². The lowest BCUT2D eigenvalue weighted by Crippen LogP contribution is -2.71. The summed E-state index contributed by atoms with van der Waals surface area (Å²) in [5.74, 6) is -2.40. The minimum atomic E-state index is -1.13. The Morgan fingerprint density at radius 2 is 1.75 bits per heavy atom. The number of carbonyl (C=O) groups is 4. The zero-order valence-electron chi connectivity index (χ0n) is 18.0. The number of fused-ring (bicyclic) bond motifs is 1. The van der Waals surface area contributed by atoms with Crippen molar-refractivity contribution in [2.45, 2.75) is 44.3 Å². The molecule has 11 heteroatoms. The molecule has 0 saturated carbocycles. The van der Waals surface area contributed by atoms with Gasteiger partial charge in [0.2, 0.25) is 5.91 Å². The minimum Gasteiger partial charge on any atom is -0.480 e. The van der Waals surface area contributed by atoms with E-state index in [9.17, 15) is 24.3 Å². The molecule has 2 aliphatic rings. The number of thioether (sulfide) groups is 1. The summed E-state index contributed by atoms with van der Waals surface area (Å²) in [7, 11) is 0. The standard InChI is InChI=1S/C16H17N3O4S.C5H11NO2/c1-8-7-24-15-11(14(21)19(15)12(8)16(22)23)18-13(20)10(17)9-5-3-2-4-6-9;1-3(2)4(6)5(7)8/h2-6,10-11,15H,7,17H2,1H3,(H,18,20)(H,22,23);3-4H,6H2,1-2H3,(H,7,8)/t10-,11-,15-;4-/m10/s1. The predicted octanol–water partition coefficient (Wildman–Crippen LogP) is 0.499. The van der Waals surface area contributed by atoms with Crippen LogP contribution in [0.3, 0.4) is 0 Å². The molecule has 4 atom stereocenters. The maximum Gasteiger partial charge on any atom is 0.352 e. The number of nitrogens with zero attached hydrogens (tertiary/aromatic N) is 1. The SMILES string of the molecule is CC(C)[C@H](N)C(=O)O.CC1=C(C(=O)O)N2C(=O)[C@@H](NC(=O)[C@H](N)c3ccccc3)[C@H]2SC1. The molecule has 10 nitrogen and oxygen atoms in total. The second-order valence-electron chi connectivity index (χ2n) is 7.83. The van der Waals surface area contributed by atoms with Crippen LogP contribution in [0.1, 0.15) is 32.4 Å². The zero-order valence-corrected chi connectivity index (χ0v) is 18.8. The van der Waals surface area contributed by atoms with Crippen molar-refractivity contribution in [2.75, 3.05) is 5.75 Å². The molecule has 0 bridgehead atoms. The Morgan fingerprint density at radius 3 is 2.22 bits per heavy atom. The Kier molecular flexibility index (Phi) is 8.42. The first-order valence-electron chi connectivity index (χ1n) is 9.94. The van der Waals surface area contributed by atoms with Gasteiger partial charge in [0.1, 0.15) is 29.2 Å². The number of carbonyl (C=O) groups excluding carboxylic acids is 2. The average Bonchev–Trinajstić information content (AvgIpc) is 2.76. The number of aliphatic carboxylic acids is 2. The Labute approximate surface area is 190 Å². The Morgan fingerprint density at radius 1 is 1.16 bits per heavy atom. The summed E-state index contributed by atoms with van der Waals surface area (Å²) in [6.45, 7) is 5.24. The van der Waals surface area contributed by atoms with E-state index in [0.29, 0.717) is 16.9 Å². The van der Waals surface area contributed by atoms with Gasteiger partial charge in [-0.3, -0.25) is 19.3 Å². The van der Waals surface area contributed by atoms with Gasteiger partial charge in [-0.25, -0.2) is 4.79 Å². The molecule has 32 heavy (non-hydrogen) atoms. The van der Waals surface area contributed by atoms with Crippen LogP contribution < -0.4 is 16.8 Å². The van der Waals surface area contributed by atoms with Crippen molar-refractivity contribution >= 4 is 35.5 Å². The van der Waals surface area contributed by atoms with E-state index >= 15 is 0 Å². The van der Waals surface area contributed by atoms with E-state index in [2.05, 4.69) is 5.32 Å². The third-order valence-electron chi connectivity index (χ3n) is 5.10. The van der Waals surface area contributed by atoms with Crippen molar-refractivity contribution in [1.82, 2.24) is 10.2 Å². The molecule has 1 saturated heterocycles. The summed E-state index contributed by atoms with van der Waals surface area (Å²) in [5.41, 5.74) is 12.4. The predicted molar refractivity (Wildman–Crippen MR) is 119 cm³/mol. The number of hydrogen-bond acceptors (Lipinski definition) is 7. The first kappa shape index (κ1) is 25.4. The van der Waals surface area contributed by atoms with Gasteiger partial charge in [-0.1, -0.05) is 44.2 Å². The van der Waals surface area contributed by atoms with Crippen molar-refractivity contribution in [3.05, 3.63) is 47.2 Å². The summed E-state index contributed by atoms with van der Waals surface area (Å²) in [5, 5.41) is 19.8. The third kappa shape index (κ3) is 5.47. The lowest BCUT2D eigenvalue weighted by atomic mass is 10.0. The number of carboxylic acids is 2. The lowest BCUT2D eigenvalue weighted by molar-refractivity contribution is -0.150. The highest BCUT2D eigenvalue weighted by molar-refractivity contribution is 8.00. The smallest absolute Gasteiger partial charge is 0.352 e. The highest BCUT2D eigenvalue weighted by Gasteiger charge is 2.53. The van der Waals surface area contributed by atoms with Crippen molar-refractivity contribution in [3.63, 3.8) is 0 Å². The highest BCUT2D eigenvalue weighted by Crippen LogP contribution is 2.40. The molecule has 2 amide bonds. The molecule has 0 unspecified atom stereocenters. The maximum absolute atomic E-state index is 12.3. The fourth-order valence-corrected chi connectivity index (χ4v) is 4.41. The number of carboxylic acid groups (broad SMARTS) is 2. The largest absolute Gasteiger partial charge is 0.480 e. The third-order valence-corrected chi connectivity index (χ3v) is 6.53. The van der Waals surface area contributed by atoms with Crippen LogP contribution in [-0.4, -0.2) is 62.1 Å². The van der Waals surface area contributed by atoms with Gasteiger partial charge in [0.05, 0.1) is 0 Å². The van der Waals surface area contributed by atoms with Crippen LogP contribution in [0.2, 0.25) is 0 Å². The van der Waals surface area contributed by atoms with Gasteiger partial charge < -0.3 is 27.0 Å². The van der Waals surface area contributed by atoms with E-state index in [-0.39, 0.29) is 11.6 Å². The fourth-order valence-electron chi connectivity index (χ4n) is 3.12. The molecule has 0 radical (unpaired) electrons. The molecule has 2 aliphatic heterocycles. The number of amides is 2. The molecule has 174 valence electrons. The number of β-lactam (4-membered cyclic amide) rings is 1. The maximum atomic E-state index is 12.3. The number of nitrogens with two attached hydrogens (primary N) is 2. The van der Waals surface area contributed by atoms with E-state index in [1.165, 1.54) is 16.7 Å². The molecule has 3 rings (SSSR count). The first-order chi connectivity index (χ1) is 15.0. The van der Waals surface area contributed by atoms with Crippen LogP contribution in [0.25, 0.3) is 0 Å². The van der Waals surface area contributed by atoms with Crippen LogP contribution >= 0.6 is 11.8 Å². The van der Waals surface area contributed by atoms with Crippen molar-refractivity contribution in [3.8, 4) is 0 Å². The molecule has 1 aromatic rings. The fraction of sp³-hybridized carbons (Fsp3) is 0.429. The summed E-state index contributed by atoms with van der Waals surface area (Å²) < 4.78 is 0. The van der Waals surface area contributed by atoms with Crippen LogP contribution in [0.15, 0.2) is 41.6 Å². The summed E-state index contributed by atoms with van der Waals surface area (Å²) >= 11 is 1.43. The number of nitrogens with one attached hydrogen (secondary N) is 1. The lowest BCUT2D eigenvalue weighted by Gasteiger charge is -2.49. The Balaban J connectivity index is 0.000000390. The van der Waals surface area contributed by atoms with Crippen LogP contribution in [-0.2, 0) is 19.2 Å². The molecule has 0 aliphatic carbocycles. The average molecular weight is 465 g/mol. The highest BCUT2D eigenvalue weighted by atomic mass is 32.2. The first-order valence-corrected chi connectivity index (χ1v) is 11.0. The van der Waals surface area contributed by atoms with E-state index < -0.39 is 47.3 Å². The normalized spacial score (nSPS) is 21.6. The molecule has 0 spiro atoms. The van der Waals surface area contributed by atoms with Gasteiger partial charge in [0.15, 0.2) is 0 Å². The van der Waals surface area contributed by atoms with Gasteiger partial charge in [-0.15, -0.1) is 11.8 Å². The summed E-state index contributed by atoms with van der Waals surface area (Å²) in [6.07, 6.45) is 0. The monoisotopic (exact) mass is 464 g/mol. The van der Waals surface area contributed by atoms with Crippen LogP contribution in [0.5, 0.6) is 0 Å². The molecule has 7 N–H and O–H groups in total. The summed E-state index contributed by atoms with van der Waals surface area (Å²) in [6, 6.07) is 6.52. The van der Waals surface area contributed by atoms with Crippen molar-refractivity contribution in [1.29, 1.82) is 0 Å². The van der Waals surface area contributed by atoms with Crippen molar-refractivity contribution in [2.24, 2.45) is 17.4 Å². The Bertz CT molecular complexity index is 920. The van der Waals surface area contributed by atoms with E-state index in [1.54, 1.807) is 45.0 Å².